The first-order valence-corrected chi connectivity index (χ1v) is 5.80. The molecule has 0 aliphatic heterocycles. The molecular formula is C12H17ClN2. The van der Waals surface area contributed by atoms with E-state index in [2.05, 4.69) is 18.3 Å². The Kier molecular flexibility index (Phi) is 3.29. The summed E-state index contributed by atoms with van der Waals surface area (Å²) in [6, 6.07) is 9.32. The predicted molar refractivity (Wildman–Crippen MR) is 64.0 cm³/mol. The van der Waals surface area contributed by atoms with Gasteiger partial charge in [0, 0.05) is 23.1 Å². The van der Waals surface area contributed by atoms with Gasteiger partial charge in [-0.3, -0.25) is 0 Å². The van der Waals surface area contributed by atoms with Crippen molar-refractivity contribution >= 4 is 11.6 Å². The van der Waals surface area contributed by atoms with Crippen molar-refractivity contribution in [1.29, 1.82) is 0 Å². The molecule has 0 unspecified atom stereocenters. The van der Waals surface area contributed by atoms with Crippen LogP contribution in [0, 0.1) is 0 Å². The van der Waals surface area contributed by atoms with E-state index in [1.807, 2.05) is 18.2 Å². The van der Waals surface area contributed by atoms with Gasteiger partial charge in [-0.1, -0.05) is 23.7 Å². The molecule has 3 heteroatoms. The second-order valence-corrected chi connectivity index (χ2v) is 4.81. The molecule has 1 aromatic rings. The molecule has 0 bridgehead atoms. The second-order valence-electron chi connectivity index (χ2n) is 4.37. The van der Waals surface area contributed by atoms with Crippen LogP contribution < -0.4 is 11.1 Å². The quantitative estimate of drug-likeness (QED) is 0.828. The third-order valence-corrected chi connectivity index (χ3v) is 3.24. The van der Waals surface area contributed by atoms with Crippen LogP contribution in [0.2, 0.25) is 5.02 Å². The molecule has 1 fully saturated rings. The lowest BCUT2D eigenvalue weighted by atomic mass is 9.87. The van der Waals surface area contributed by atoms with Crippen LogP contribution in [0.5, 0.6) is 0 Å². The fourth-order valence-corrected chi connectivity index (χ4v) is 2.22. The van der Waals surface area contributed by atoms with E-state index in [-0.39, 0.29) is 0 Å². The third-order valence-electron chi connectivity index (χ3n) is 3.01. The molecule has 1 aliphatic rings. The molecule has 15 heavy (non-hydrogen) atoms. The van der Waals surface area contributed by atoms with Crippen LogP contribution >= 0.6 is 11.6 Å². The summed E-state index contributed by atoms with van der Waals surface area (Å²) < 4.78 is 0. The normalized spacial score (nSPS) is 27.1. The highest BCUT2D eigenvalue weighted by Crippen LogP contribution is 2.23. The van der Waals surface area contributed by atoms with Gasteiger partial charge in [-0.2, -0.15) is 0 Å². The average Bonchev–Trinajstić information content (AvgIpc) is 2.15. The number of rotatable bonds is 3. The van der Waals surface area contributed by atoms with Gasteiger partial charge < -0.3 is 11.1 Å². The predicted octanol–water partition coefficient (Wildman–Crippen LogP) is 2.48. The Morgan fingerprint density at radius 1 is 1.47 bits per heavy atom. The van der Waals surface area contributed by atoms with E-state index in [0.717, 1.165) is 17.9 Å². The van der Waals surface area contributed by atoms with E-state index in [0.29, 0.717) is 18.1 Å². The zero-order valence-corrected chi connectivity index (χ0v) is 9.67. The smallest absolute Gasteiger partial charge is 0.0409 e. The van der Waals surface area contributed by atoms with Crippen molar-refractivity contribution in [3.05, 3.63) is 34.9 Å². The molecule has 1 atom stereocenters. The summed E-state index contributed by atoms with van der Waals surface area (Å²) >= 11 is 5.95. The molecule has 0 saturated heterocycles. The minimum absolute atomic E-state index is 0.348. The number of hydrogen-bond acceptors (Lipinski definition) is 2. The van der Waals surface area contributed by atoms with Crippen LogP contribution in [0.3, 0.4) is 0 Å². The van der Waals surface area contributed by atoms with Crippen LogP contribution in [-0.4, -0.2) is 12.1 Å². The number of hydrogen-bond donors (Lipinski definition) is 2. The van der Waals surface area contributed by atoms with Gasteiger partial charge in [0.1, 0.15) is 0 Å². The summed E-state index contributed by atoms with van der Waals surface area (Å²) in [4.78, 5) is 0. The lowest BCUT2D eigenvalue weighted by molar-refractivity contribution is 0.272. The number of nitrogens with one attached hydrogen (secondary N) is 1. The molecule has 0 heterocycles. The van der Waals surface area contributed by atoms with Crippen LogP contribution in [0.4, 0.5) is 0 Å². The minimum Gasteiger partial charge on any atom is -0.328 e. The van der Waals surface area contributed by atoms with Crippen molar-refractivity contribution < 1.29 is 0 Å². The van der Waals surface area contributed by atoms with Crippen molar-refractivity contribution in [2.45, 2.75) is 37.9 Å². The average molecular weight is 225 g/mol. The Labute approximate surface area is 95.8 Å². The van der Waals surface area contributed by atoms with Crippen LogP contribution in [0.25, 0.3) is 0 Å². The van der Waals surface area contributed by atoms with Crippen molar-refractivity contribution in [1.82, 2.24) is 5.32 Å². The third kappa shape index (κ3) is 2.71. The molecule has 2 rings (SSSR count). The zero-order valence-electron chi connectivity index (χ0n) is 8.91. The molecule has 82 valence electrons. The SMILES string of the molecule is C[C@@H](NC1CC(N)C1)c1cccc(Cl)c1. The summed E-state index contributed by atoms with van der Waals surface area (Å²) in [6.45, 7) is 2.16. The topological polar surface area (TPSA) is 38.0 Å². The summed E-state index contributed by atoms with van der Waals surface area (Å²) in [5, 5.41) is 4.35. The molecule has 0 radical (unpaired) electrons. The Balaban J connectivity index is 1.93. The van der Waals surface area contributed by atoms with Gasteiger partial charge in [-0.15, -0.1) is 0 Å². The highest BCUT2D eigenvalue weighted by Gasteiger charge is 2.26. The molecule has 0 amide bonds. The van der Waals surface area contributed by atoms with Gasteiger partial charge in [-0.25, -0.2) is 0 Å². The maximum atomic E-state index is 5.95. The Morgan fingerprint density at radius 3 is 2.80 bits per heavy atom. The van der Waals surface area contributed by atoms with Crippen molar-refractivity contribution in [3.63, 3.8) is 0 Å². The molecule has 1 aromatic carbocycles. The van der Waals surface area contributed by atoms with E-state index >= 15 is 0 Å². The molecule has 1 saturated carbocycles. The lowest BCUT2D eigenvalue weighted by Crippen LogP contribution is -2.49. The van der Waals surface area contributed by atoms with Gasteiger partial charge in [0.05, 0.1) is 0 Å². The molecule has 2 nitrogen and oxygen atoms in total. The first-order valence-electron chi connectivity index (χ1n) is 5.42. The Morgan fingerprint density at radius 2 is 2.20 bits per heavy atom. The van der Waals surface area contributed by atoms with E-state index in [4.69, 9.17) is 17.3 Å². The number of benzene rings is 1. The highest BCUT2D eigenvalue weighted by atomic mass is 35.5. The van der Waals surface area contributed by atoms with Crippen molar-refractivity contribution in [2.24, 2.45) is 5.73 Å². The molecule has 0 aromatic heterocycles. The largest absolute Gasteiger partial charge is 0.328 e. The summed E-state index contributed by atoms with van der Waals surface area (Å²) in [6.07, 6.45) is 2.18. The van der Waals surface area contributed by atoms with E-state index in [9.17, 15) is 0 Å². The fourth-order valence-electron chi connectivity index (χ4n) is 2.02. The summed E-state index contributed by atoms with van der Waals surface area (Å²) in [7, 11) is 0. The van der Waals surface area contributed by atoms with Gasteiger partial charge in [0.2, 0.25) is 0 Å². The molecular weight excluding hydrogens is 208 g/mol. The monoisotopic (exact) mass is 224 g/mol. The molecule has 1 aliphatic carbocycles. The minimum atomic E-state index is 0.348. The van der Waals surface area contributed by atoms with Crippen molar-refractivity contribution in [3.8, 4) is 0 Å². The van der Waals surface area contributed by atoms with Crippen LogP contribution in [0.15, 0.2) is 24.3 Å². The fraction of sp³-hybridized carbons (Fsp3) is 0.500. The zero-order chi connectivity index (χ0) is 10.8. The molecule has 3 N–H and O–H groups in total. The standard InChI is InChI=1S/C12H17ClN2/c1-8(15-12-6-11(14)7-12)9-3-2-4-10(13)5-9/h2-5,8,11-12,15H,6-7,14H2,1H3/t8-,11?,12?/m1/s1. The van der Waals surface area contributed by atoms with E-state index in [1.54, 1.807) is 0 Å². The molecule has 0 spiro atoms. The summed E-state index contributed by atoms with van der Waals surface area (Å²) in [5.41, 5.74) is 6.99. The van der Waals surface area contributed by atoms with Gasteiger partial charge >= 0.3 is 0 Å². The maximum absolute atomic E-state index is 5.95. The lowest BCUT2D eigenvalue weighted by Gasteiger charge is -2.35. The van der Waals surface area contributed by atoms with E-state index < -0.39 is 0 Å². The maximum Gasteiger partial charge on any atom is 0.0409 e. The van der Waals surface area contributed by atoms with E-state index in [1.165, 1.54) is 5.56 Å². The van der Waals surface area contributed by atoms with Gasteiger partial charge in [0.25, 0.3) is 0 Å². The first kappa shape index (κ1) is 10.9. The van der Waals surface area contributed by atoms with Crippen molar-refractivity contribution in [2.75, 3.05) is 0 Å². The Hall–Kier alpha value is -0.570. The van der Waals surface area contributed by atoms with Crippen LogP contribution in [-0.2, 0) is 0 Å². The van der Waals surface area contributed by atoms with Gasteiger partial charge in [-0.05, 0) is 37.5 Å². The number of halogens is 1. The van der Waals surface area contributed by atoms with Crippen LogP contribution in [0.1, 0.15) is 31.4 Å². The Bertz CT molecular complexity index is 334. The highest BCUT2D eigenvalue weighted by molar-refractivity contribution is 6.30. The van der Waals surface area contributed by atoms with Gasteiger partial charge in [0.15, 0.2) is 0 Å². The second kappa shape index (κ2) is 4.52. The number of nitrogens with two attached hydrogens (primary N) is 1. The summed E-state index contributed by atoms with van der Waals surface area (Å²) in [5.74, 6) is 0. The first-order chi connectivity index (χ1) is 7.15.